The van der Waals surface area contributed by atoms with E-state index in [-0.39, 0.29) is 18.0 Å². The van der Waals surface area contributed by atoms with Crippen LogP contribution in [-0.2, 0) is 9.53 Å². The Kier molecular flexibility index (Phi) is 2.10. The highest BCUT2D eigenvalue weighted by molar-refractivity contribution is 6.30. The van der Waals surface area contributed by atoms with E-state index in [0.29, 0.717) is 5.02 Å². The standard InChI is InChI=1S/C10H9ClO2/c1-6(12)9-10(13-9)7-3-2-4-8(11)5-7/h2-5,9-10H,1H3/t9-,10-/m0/s1. The van der Waals surface area contributed by atoms with Crippen LogP contribution in [-0.4, -0.2) is 11.9 Å². The Morgan fingerprint density at radius 3 is 2.85 bits per heavy atom. The average Bonchev–Trinajstić information content (AvgIpc) is 2.82. The van der Waals surface area contributed by atoms with Crippen molar-refractivity contribution in [2.75, 3.05) is 0 Å². The molecule has 3 heteroatoms. The summed E-state index contributed by atoms with van der Waals surface area (Å²) in [6.07, 6.45) is -0.324. The molecule has 2 rings (SSSR count). The molecule has 0 aromatic heterocycles. The molecule has 1 aliphatic rings. The lowest BCUT2D eigenvalue weighted by Crippen LogP contribution is -2.00. The molecule has 1 heterocycles. The zero-order chi connectivity index (χ0) is 9.42. The summed E-state index contributed by atoms with van der Waals surface area (Å²) in [5, 5.41) is 0.676. The molecule has 2 nitrogen and oxygen atoms in total. The molecule has 0 amide bonds. The van der Waals surface area contributed by atoms with Crippen molar-refractivity contribution in [2.24, 2.45) is 0 Å². The molecular formula is C10H9ClO2. The lowest BCUT2D eigenvalue weighted by atomic mass is 10.1. The number of benzene rings is 1. The number of epoxide rings is 1. The molecule has 0 radical (unpaired) electrons. The smallest absolute Gasteiger partial charge is 0.161 e. The van der Waals surface area contributed by atoms with E-state index < -0.39 is 0 Å². The molecule has 0 bridgehead atoms. The van der Waals surface area contributed by atoms with E-state index in [1.807, 2.05) is 18.2 Å². The molecule has 0 unspecified atom stereocenters. The van der Waals surface area contributed by atoms with Crippen LogP contribution in [0.2, 0.25) is 5.02 Å². The van der Waals surface area contributed by atoms with Crippen LogP contribution in [0.1, 0.15) is 18.6 Å². The van der Waals surface area contributed by atoms with Gasteiger partial charge in [0.15, 0.2) is 5.78 Å². The van der Waals surface area contributed by atoms with Crippen molar-refractivity contribution in [3.63, 3.8) is 0 Å². The first-order valence-corrected chi connectivity index (χ1v) is 4.47. The first kappa shape index (κ1) is 8.73. The average molecular weight is 197 g/mol. The van der Waals surface area contributed by atoms with Gasteiger partial charge >= 0.3 is 0 Å². The predicted octanol–water partition coefficient (Wildman–Crippen LogP) is 2.37. The van der Waals surface area contributed by atoms with Crippen LogP contribution < -0.4 is 0 Å². The third-order valence-electron chi connectivity index (χ3n) is 2.07. The van der Waals surface area contributed by atoms with Gasteiger partial charge in [-0.25, -0.2) is 0 Å². The molecule has 1 aliphatic heterocycles. The lowest BCUT2D eigenvalue weighted by molar-refractivity contribution is -0.118. The molecule has 0 aliphatic carbocycles. The molecule has 0 spiro atoms. The van der Waals surface area contributed by atoms with Gasteiger partial charge in [0.2, 0.25) is 0 Å². The number of halogens is 1. The van der Waals surface area contributed by atoms with Gasteiger partial charge in [0.25, 0.3) is 0 Å². The SMILES string of the molecule is CC(=O)[C@@H]1O[C@H]1c1cccc(Cl)c1. The topological polar surface area (TPSA) is 29.6 Å². The normalized spacial score (nSPS) is 25.7. The largest absolute Gasteiger partial charge is 0.356 e. The van der Waals surface area contributed by atoms with Crippen molar-refractivity contribution in [1.29, 1.82) is 0 Å². The van der Waals surface area contributed by atoms with Crippen LogP contribution in [0.4, 0.5) is 0 Å². The van der Waals surface area contributed by atoms with E-state index in [9.17, 15) is 4.79 Å². The fraction of sp³-hybridized carbons (Fsp3) is 0.300. The van der Waals surface area contributed by atoms with Crippen molar-refractivity contribution in [3.05, 3.63) is 34.9 Å². The van der Waals surface area contributed by atoms with Gasteiger partial charge in [-0.2, -0.15) is 0 Å². The first-order chi connectivity index (χ1) is 6.18. The van der Waals surface area contributed by atoms with E-state index in [0.717, 1.165) is 5.56 Å². The highest BCUT2D eigenvalue weighted by atomic mass is 35.5. The summed E-state index contributed by atoms with van der Waals surface area (Å²) >= 11 is 5.80. The van der Waals surface area contributed by atoms with Gasteiger partial charge in [-0.3, -0.25) is 4.79 Å². The Balaban J connectivity index is 2.16. The molecule has 1 saturated heterocycles. The number of hydrogen-bond acceptors (Lipinski definition) is 2. The van der Waals surface area contributed by atoms with Crippen molar-refractivity contribution in [1.82, 2.24) is 0 Å². The van der Waals surface area contributed by atoms with Gasteiger partial charge in [-0.05, 0) is 24.6 Å². The van der Waals surface area contributed by atoms with Gasteiger partial charge in [0, 0.05) is 5.02 Å². The number of Topliss-reactive ketones (excluding diaryl/α,β-unsaturated/α-hetero) is 1. The lowest BCUT2D eigenvalue weighted by Gasteiger charge is -1.95. The molecular weight excluding hydrogens is 188 g/mol. The summed E-state index contributed by atoms with van der Waals surface area (Å²) in [6, 6.07) is 7.40. The second kappa shape index (κ2) is 3.13. The Labute approximate surface area is 81.5 Å². The number of hydrogen-bond donors (Lipinski definition) is 0. The summed E-state index contributed by atoms with van der Waals surface area (Å²) in [6.45, 7) is 1.54. The third kappa shape index (κ3) is 1.74. The molecule has 2 atom stereocenters. The van der Waals surface area contributed by atoms with Gasteiger partial charge in [-0.15, -0.1) is 0 Å². The van der Waals surface area contributed by atoms with Gasteiger partial charge < -0.3 is 4.74 Å². The van der Waals surface area contributed by atoms with Crippen LogP contribution in [0.3, 0.4) is 0 Å². The van der Waals surface area contributed by atoms with E-state index in [4.69, 9.17) is 16.3 Å². The third-order valence-corrected chi connectivity index (χ3v) is 2.30. The van der Waals surface area contributed by atoms with E-state index in [1.165, 1.54) is 6.92 Å². The van der Waals surface area contributed by atoms with Crippen LogP contribution in [0.25, 0.3) is 0 Å². The Morgan fingerprint density at radius 2 is 2.31 bits per heavy atom. The van der Waals surface area contributed by atoms with E-state index in [1.54, 1.807) is 6.07 Å². The predicted molar refractivity (Wildman–Crippen MR) is 49.7 cm³/mol. The molecule has 13 heavy (non-hydrogen) atoms. The quantitative estimate of drug-likeness (QED) is 0.680. The summed E-state index contributed by atoms with van der Waals surface area (Å²) in [5.74, 6) is 0.0741. The Hall–Kier alpha value is -0.860. The maximum absolute atomic E-state index is 10.9. The van der Waals surface area contributed by atoms with E-state index in [2.05, 4.69) is 0 Å². The van der Waals surface area contributed by atoms with Gasteiger partial charge in [0.1, 0.15) is 12.2 Å². The minimum absolute atomic E-state index is 0.0730. The molecule has 1 aromatic carbocycles. The Bertz CT molecular complexity index is 349. The summed E-state index contributed by atoms with van der Waals surface area (Å²) < 4.78 is 5.21. The molecule has 0 saturated carbocycles. The van der Waals surface area contributed by atoms with Crippen LogP contribution in [0.15, 0.2) is 24.3 Å². The molecule has 1 fully saturated rings. The fourth-order valence-electron chi connectivity index (χ4n) is 1.36. The maximum atomic E-state index is 10.9. The van der Waals surface area contributed by atoms with Crippen molar-refractivity contribution < 1.29 is 9.53 Å². The number of rotatable bonds is 2. The number of carbonyl (C=O) groups excluding carboxylic acids is 1. The number of ether oxygens (including phenoxy) is 1. The van der Waals surface area contributed by atoms with Crippen molar-refractivity contribution in [2.45, 2.75) is 19.1 Å². The first-order valence-electron chi connectivity index (χ1n) is 4.10. The highest BCUT2D eigenvalue weighted by Crippen LogP contribution is 2.39. The van der Waals surface area contributed by atoms with Crippen LogP contribution in [0.5, 0.6) is 0 Å². The second-order valence-corrected chi connectivity index (χ2v) is 3.58. The van der Waals surface area contributed by atoms with E-state index >= 15 is 0 Å². The summed E-state index contributed by atoms with van der Waals surface area (Å²) in [7, 11) is 0. The molecule has 1 aromatic rings. The van der Waals surface area contributed by atoms with Crippen molar-refractivity contribution >= 4 is 17.4 Å². The van der Waals surface area contributed by atoms with Gasteiger partial charge in [-0.1, -0.05) is 23.7 Å². The fourth-order valence-corrected chi connectivity index (χ4v) is 1.56. The second-order valence-electron chi connectivity index (χ2n) is 3.14. The molecule has 68 valence electrons. The van der Waals surface area contributed by atoms with Gasteiger partial charge in [0.05, 0.1) is 0 Å². The Morgan fingerprint density at radius 1 is 1.54 bits per heavy atom. The molecule has 0 N–H and O–H groups in total. The summed E-state index contributed by atoms with van der Waals surface area (Å²) in [4.78, 5) is 10.9. The van der Waals surface area contributed by atoms with Crippen LogP contribution in [0, 0.1) is 0 Å². The van der Waals surface area contributed by atoms with Crippen LogP contribution >= 0.6 is 11.6 Å². The maximum Gasteiger partial charge on any atom is 0.161 e. The zero-order valence-electron chi connectivity index (χ0n) is 7.16. The minimum atomic E-state index is -0.251. The number of ketones is 1. The number of carbonyl (C=O) groups is 1. The highest BCUT2D eigenvalue weighted by Gasteiger charge is 2.43. The monoisotopic (exact) mass is 196 g/mol. The zero-order valence-corrected chi connectivity index (χ0v) is 7.91. The van der Waals surface area contributed by atoms with Crippen molar-refractivity contribution in [3.8, 4) is 0 Å². The summed E-state index contributed by atoms with van der Waals surface area (Å²) in [5.41, 5.74) is 0.979. The minimum Gasteiger partial charge on any atom is -0.356 e.